The molecule has 6 nitrogen and oxygen atoms in total. The number of halogens is 1. The zero-order chi connectivity index (χ0) is 12.3. The van der Waals surface area contributed by atoms with E-state index in [2.05, 4.69) is 15.5 Å². The van der Waals surface area contributed by atoms with E-state index in [9.17, 15) is 4.79 Å². The Morgan fingerprint density at radius 1 is 1.56 bits per heavy atom. The third-order valence-corrected chi connectivity index (χ3v) is 3.08. The number of aromatic nitrogens is 2. The monoisotopic (exact) mass is 274 g/mol. The second-order valence-electron chi connectivity index (χ2n) is 4.57. The molecule has 1 aromatic rings. The normalized spacial score (nSPS) is 23.2. The minimum Gasteiger partial charge on any atom is -0.348 e. The van der Waals surface area contributed by atoms with Crippen LogP contribution in [0.3, 0.4) is 0 Å². The van der Waals surface area contributed by atoms with E-state index in [1.54, 1.807) is 6.92 Å². The van der Waals surface area contributed by atoms with Crippen molar-refractivity contribution < 1.29 is 9.32 Å². The number of carbonyl (C=O) groups excluding carboxylic acids is 1. The predicted octanol–water partition coefficient (Wildman–Crippen LogP) is 0.934. The van der Waals surface area contributed by atoms with E-state index < -0.39 is 0 Å². The summed E-state index contributed by atoms with van der Waals surface area (Å²) in [6, 6.07) is 0.159. The second kappa shape index (κ2) is 6.70. The Balaban J connectivity index is 0.00000162. The van der Waals surface area contributed by atoms with Gasteiger partial charge in [-0.05, 0) is 19.3 Å². The maximum absolute atomic E-state index is 11.9. The lowest BCUT2D eigenvalue weighted by atomic mass is 9.85. The number of hydrogen-bond donors (Lipinski definition) is 2. The number of nitrogens with two attached hydrogens (primary N) is 1. The standard InChI is InChI=1S/C11H18N4O2.ClH/c1-7-14-10(15-17-7)6-13-11(16)8-3-2-4-9(12)5-8;/h8-9H,2-6,12H2,1H3,(H,13,16);1H. The Hall–Kier alpha value is -1.14. The van der Waals surface area contributed by atoms with Gasteiger partial charge in [0.25, 0.3) is 0 Å². The fraction of sp³-hybridized carbons (Fsp3) is 0.727. The first-order chi connectivity index (χ1) is 8.15. The van der Waals surface area contributed by atoms with E-state index in [1.807, 2.05) is 0 Å². The Bertz CT molecular complexity index is 396. The van der Waals surface area contributed by atoms with Crippen molar-refractivity contribution in [1.29, 1.82) is 0 Å². The number of rotatable bonds is 3. The minimum absolute atomic E-state index is 0. The summed E-state index contributed by atoms with van der Waals surface area (Å²) in [6.07, 6.45) is 3.75. The largest absolute Gasteiger partial charge is 0.348 e. The van der Waals surface area contributed by atoms with Crippen molar-refractivity contribution in [3.8, 4) is 0 Å². The van der Waals surface area contributed by atoms with Crippen molar-refractivity contribution in [2.24, 2.45) is 11.7 Å². The van der Waals surface area contributed by atoms with Gasteiger partial charge in [0.1, 0.15) is 0 Å². The topological polar surface area (TPSA) is 94.0 Å². The van der Waals surface area contributed by atoms with E-state index >= 15 is 0 Å². The van der Waals surface area contributed by atoms with Crippen LogP contribution in [0.2, 0.25) is 0 Å². The molecular formula is C11H19ClN4O2. The predicted molar refractivity (Wildman–Crippen MR) is 68.1 cm³/mol. The van der Waals surface area contributed by atoms with Gasteiger partial charge in [0.15, 0.2) is 5.82 Å². The van der Waals surface area contributed by atoms with Gasteiger partial charge in [-0.2, -0.15) is 4.98 Å². The zero-order valence-corrected chi connectivity index (χ0v) is 11.2. The molecule has 1 amide bonds. The minimum atomic E-state index is 0. The molecule has 0 saturated heterocycles. The lowest BCUT2D eigenvalue weighted by Crippen LogP contribution is -2.37. The van der Waals surface area contributed by atoms with Crippen molar-refractivity contribution in [2.75, 3.05) is 0 Å². The maximum Gasteiger partial charge on any atom is 0.223 e. The second-order valence-corrected chi connectivity index (χ2v) is 4.57. The van der Waals surface area contributed by atoms with Crippen LogP contribution in [0.5, 0.6) is 0 Å². The molecular weight excluding hydrogens is 256 g/mol. The summed E-state index contributed by atoms with van der Waals surface area (Å²) in [5, 5.41) is 6.55. The van der Waals surface area contributed by atoms with Gasteiger partial charge in [0.05, 0.1) is 6.54 Å². The molecule has 1 aliphatic rings. The van der Waals surface area contributed by atoms with Gasteiger partial charge < -0.3 is 15.6 Å². The van der Waals surface area contributed by atoms with Gasteiger partial charge in [-0.25, -0.2) is 0 Å². The van der Waals surface area contributed by atoms with Crippen LogP contribution in [0.1, 0.15) is 37.4 Å². The van der Waals surface area contributed by atoms with Gasteiger partial charge in [0, 0.05) is 18.9 Å². The number of nitrogens with zero attached hydrogens (tertiary/aromatic N) is 2. The van der Waals surface area contributed by atoms with Crippen molar-refractivity contribution in [1.82, 2.24) is 15.5 Å². The van der Waals surface area contributed by atoms with Crippen molar-refractivity contribution in [2.45, 2.75) is 45.2 Å². The molecule has 1 heterocycles. The van der Waals surface area contributed by atoms with Gasteiger partial charge in [-0.15, -0.1) is 12.4 Å². The van der Waals surface area contributed by atoms with Gasteiger partial charge in [-0.1, -0.05) is 11.6 Å². The first kappa shape index (κ1) is 14.9. The number of hydrogen-bond acceptors (Lipinski definition) is 5. The first-order valence-electron chi connectivity index (χ1n) is 5.97. The molecule has 2 rings (SSSR count). The number of nitrogens with one attached hydrogen (secondary N) is 1. The molecule has 1 aromatic heterocycles. The fourth-order valence-electron chi connectivity index (χ4n) is 2.19. The third-order valence-electron chi connectivity index (χ3n) is 3.08. The fourth-order valence-corrected chi connectivity index (χ4v) is 2.19. The van der Waals surface area contributed by atoms with Crippen LogP contribution in [0.15, 0.2) is 4.52 Å². The lowest BCUT2D eigenvalue weighted by Gasteiger charge is -2.25. The Morgan fingerprint density at radius 3 is 2.94 bits per heavy atom. The average Bonchev–Trinajstić information content (AvgIpc) is 2.72. The summed E-state index contributed by atoms with van der Waals surface area (Å²) < 4.78 is 4.83. The van der Waals surface area contributed by atoms with Crippen LogP contribution < -0.4 is 11.1 Å². The molecule has 18 heavy (non-hydrogen) atoms. The SMILES string of the molecule is Cc1nc(CNC(=O)C2CCCC(N)C2)no1.Cl. The molecule has 0 spiro atoms. The highest BCUT2D eigenvalue weighted by molar-refractivity contribution is 5.85. The number of amides is 1. The van der Waals surface area contributed by atoms with Crippen LogP contribution in [0, 0.1) is 12.8 Å². The third kappa shape index (κ3) is 3.96. The highest BCUT2D eigenvalue weighted by Gasteiger charge is 2.25. The van der Waals surface area contributed by atoms with Crippen LogP contribution in [-0.4, -0.2) is 22.1 Å². The molecule has 102 valence electrons. The quantitative estimate of drug-likeness (QED) is 0.855. The molecule has 0 aliphatic heterocycles. The molecule has 7 heteroatoms. The summed E-state index contributed by atoms with van der Waals surface area (Å²) >= 11 is 0. The summed E-state index contributed by atoms with van der Waals surface area (Å²) in [5.74, 6) is 1.10. The smallest absolute Gasteiger partial charge is 0.223 e. The molecule has 1 aliphatic carbocycles. The summed E-state index contributed by atoms with van der Waals surface area (Å²) in [7, 11) is 0. The number of carbonyl (C=O) groups is 1. The summed E-state index contributed by atoms with van der Waals surface area (Å²) in [6.45, 7) is 2.04. The molecule has 2 unspecified atom stereocenters. The maximum atomic E-state index is 11.9. The van der Waals surface area contributed by atoms with Crippen LogP contribution in [0.4, 0.5) is 0 Å². The van der Waals surface area contributed by atoms with Crippen molar-refractivity contribution in [3.05, 3.63) is 11.7 Å². The molecule has 2 atom stereocenters. The van der Waals surface area contributed by atoms with Gasteiger partial charge in [0.2, 0.25) is 11.8 Å². The van der Waals surface area contributed by atoms with Crippen molar-refractivity contribution in [3.63, 3.8) is 0 Å². The highest BCUT2D eigenvalue weighted by Crippen LogP contribution is 2.23. The molecule has 0 radical (unpaired) electrons. The molecule has 1 saturated carbocycles. The first-order valence-corrected chi connectivity index (χ1v) is 5.97. The van der Waals surface area contributed by atoms with E-state index in [0.717, 1.165) is 25.7 Å². The molecule has 3 N–H and O–H groups in total. The Morgan fingerprint density at radius 2 is 2.33 bits per heavy atom. The molecule has 0 bridgehead atoms. The Labute approximate surface area is 112 Å². The van der Waals surface area contributed by atoms with Crippen LogP contribution in [-0.2, 0) is 11.3 Å². The van der Waals surface area contributed by atoms with Crippen molar-refractivity contribution >= 4 is 18.3 Å². The highest BCUT2D eigenvalue weighted by atomic mass is 35.5. The van der Waals surface area contributed by atoms with Gasteiger partial charge >= 0.3 is 0 Å². The van der Waals surface area contributed by atoms with E-state index in [-0.39, 0.29) is 30.3 Å². The number of aryl methyl sites for hydroxylation is 1. The molecule has 0 aromatic carbocycles. The van der Waals surface area contributed by atoms with Gasteiger partial charge in [-0.3, -0.25) is 4.79 Å². The lowest BCUT2D eigenvalue weighted by molar-refractivity contribution is -0.126. The van der Waals surface area contributed by atoms with Crippen LogP contribution in [0.25, 0.3) is 0 Å². The summed E-state index contributed by atoms with van der Waals surface area (Å²) in [4.78, 5) is 15.9. The van der Waals surface area contributed by atoms with Crippen LogP contribution >= 0.6 is 12.4 Å². The zero-order valence-electron chi connectivity index (χ0n) is 10.4. The Kier molecular flexibility index (Phi) is 5.55. The van der Waals surface area contributed by atoms with E-state index in [0.29, 0.717) is 18.3 Å². The average molecular weight is 275 g/mol. The summed E-state index contributed by atoms with van der Waals surface area (Å²) in [5.41, 5.74) is 5.85. The van der Waals surface area contributed by atoms with E-state index in [1.165, 1.54) is 0 Å². The molecule has 1 fully saturated rings. The van der Waals surface area contributed by atoms with E-state index in [4.69, 9.17) is 10.3 Å².